The number of nitrogens with one attached hydrogen (secondary N) is 1. The van der Waals surface area contributed by atoms with E-state index < -0.39 is 0 Å². The molecule has 2 nitrogen and oxygen atoms in total. The molecule has 1 aliphatic carbocycles. The van der Waals surface area contributed by atoms with Crippen LogP contribution >= 0.6 is 0 Å². The molecule has 1 aromatic rings. The maximum absolute atomic E-state index is 13.7. The summed E-state index contributed by atoms with van der Waals surface area (Å²) < 4.78 is 13.7. The standard InChI is InChI=1S/C14H21FN2/c1-2-8-16-13(10-11-5-3-6-11)14-12(15)7-4-9-17-14/h4,7,9,11,13,16H,2-3,5-6,8,10H2,1H3. The molecule has 1 N–H and O–H groups in total. The van der Waals surface area contributed by atoms with Crippen molar-refractivity contribution in [3.63, 3.8) is 0 Å². The first kappa shape index (κ1) is 12.5. The van der Waals surface area contributed by atoms with E-state index in [-0.39, 0.29) is 11.9 Å². The maximum Gasteiger partial charge on any atom is 0.146 e. The Morgan fingerprint density at radius 2 is 2.35 bits per heavy atom. The van der Waals surface area contributed by atoms with Crippen LogP contribution in [-0.2, 0) is 0 Å². The summed E-state index contributed by atoms with van der Waals surface area (Å²) in [4.78, 5) is 4.21. The van der Waals surface area contributed by atoms with Crippen LogP contribution in [0.1, 0.15) is 50.8 Å². The molecule has 1 heterocycles. The van der Waals surface area contributed by atoms with Gasteiger partial charge in [-0.3, -0.25) is 4.98 Å². The summed E-state index contributed by atoms with van der Waals surface area (Å²) in [5.74, 6) is 0.575. The van der Waals surface area contributed by atoms with Crippen molar-refractivity contribution in [2.75, 3.05) is 6.54 Å². The number of nitrogens with zero attached hydrogens (tertiary/aromatic N) is 1. The number of rotatable bonds is 6. The van der Waals surface area contributed by atoms with Crippen molar-refractivity contribution in [3.8, 4) is 0 Å². The molecule has 94 valence electrons. The third-order valence-corrected chi connectivity index (χ3v) is 3.55. The van der Waals surface area contributed by atoms with E-state index in [4.69, 9.17) is 0 Å². The molecule has 0 amide bonds. The van der Waals surface area contributed by atoms with Crippen LogP contribution in [0.3, 0.4) is 0 Å². The van der Waals surface area contributed by atoms with Gasteiger partial charge in [0.1, 0.15) is 5.82 Å². The van der Waals surface area contributed by atoms with Crippen LogP contribution in [-0.4, -0.2) is 11.5 Å². The lowest BCUT2D eigenvalue weighted by Crippen LogP contribution is -2.28. The zero-order valence-electron chi connectivity index (χ0n) is 10.5. The van der Waals surface area contributed by atoms with Crippen molar-refractivity contribution < 1.29 is 4.39 Å². The van der Waals surface area contributed by atoms with Crippen LogP contribution in [0.2, 0.25) is 0 Å². The summed E-state index contributed by atoms with van der Waals surface area (Å²) in [5.41, 5.74) is 0.591. The SMILES string of the molecule is CCCNC(CC1CCC1)c1ncccc1F. The molecule has 1 aromatic heterocycles. The molecular formula is C14H21FN2. The van der Waals surface area contributed by atoms with Gasteiger partial charge in [-0.1, -0.05) is 26.2 Å². The van der Waals surface area contributed by atoms with E-state index in [9.17, 15) is 4.39 Å². The molecule has 3 heteroatoms. The molecule has 0 bridgehead atoms. The molecule has 2 rings (SSSR count). The Morgan fingerprint density at radius 3 is 2.94 bits per heavy atom. The van der Waals surface area contributed by atoms with Crippen molar-refractivity contribution in [1.82, 2.24) is 10.3 Å². The minimum atomic E-state index is -0.180. The first-order valence-electron chi connectivity index (χ1n) is 6.65. The smallest absolute Gasteiger partial charge is 0.146 e. The molecule has 1 unspecified atom stereocenters. The molecule has 17 heavy (non-hydrogen) atoms. The summed E-state index contributed by atoms with van der Waals surface area (Å²) >= 11 is 0. The van der Waals surface area contributed by atoms with Crippen molar-refractivity contribution in [2.24, 2.45) is 5.92 Å². The van der Waals surface area contributed by atoms with Crippen LogP contribution in [0, 0.1) is 11.7 Å². The number of halogens is 1. The quantitative estimate of drug-likeness (QED) is 0.818. The van der Waals surface area contributed by atoms with E-state index in [1.54, 1.807) is 12.3 Å². The van der Waals surface area contributed by atoms with Gasteiger partial charge in [-0.2, -0.15) is 0 Å². The second-order valence-electron chi connectivity index (χ2n) is 4.91. The fourth-order valence-corrected chi connectivity index (χ4v) is 2.33. The van der Waals surface area contributed by atoms with Gasteiger partial charge in [-0.05, 0) is 37.4 Å². The summed E-state index contributed by atoms with van der Waals surface area (Å²) in [6.45, 7) is 3.05. The number of pyridine rings is 1. The monoisotopic (exact) mass is 236 g/mol. The Labute approximate surface area is 103 Å². The number of hydrogen-bond acceptors (Lipinski definition) is 2. The summed E-state index contributed by atoms with van der Waals surface area (Å²) in [6.07, 6.45) is 7.68. The van der Waals surface area contributed by atoms with Gasteiger partial charge in [-0.15, -0.1) is 0 Å². The lowest BCUT2D eigenvalue weighted by molar-refractivity contribution is 0.256. The predicted molar refractivity (Wildman–Crippen MR) is 67.2 cm³/mol. The molecule has 0 saturated heterocycles. The average molecular weight is 236 g/mol. The van der Waals surface area contributed by atoms with Crippen LogP contribution in [0.25, 0.3) is 0 Å². The molecular weight excluding hydrogens is 215 g/mol. The van der Waals surface area contributed by atoms with Gasteiger partial charge < -0.3 is 5.32 Å². The molecule has 1 saturated carbocycles. The third kappa shape index (κ3) is 3.25. The molecule has 0 spiro atoms. The number of hydrogen-bond donors (Lipinski definition) is 1. The lowest BCUT2D eigenvalue weighted by atomic mass is 9.80. The molecule has 1 aliphatic rings. The van der Waals surface area contributed by atoms with Gasteiger partial charge >= 0.3 is 0 Å². The molecule has 0 aliphatic heterocycles. The fraction of sp³-hybridized carbons (Fsp3) is 0.643. The first-order valence-corrected chi connectivity index (χ1v) is 6.65. The topological polar surface area (TPSA) is 24.9 Å². The second-order valence-corrected chi connectivity index (χ2v) is 4.91. The molecule has 1 atom stereocenters. The lowest BCUT2D eigenvalue weighted by Gasteiger charge is -2.30. The maximum atomic E-state index is 13.7. The Bertz CT molecular complexity index is 350. The third-order valence-electron chi connectivity index (χ3n) is 3.55. The minimum Gasteiger partial charge on any atom is -0.309 e. The Balaban J connectivity index is 2.05. The Kier molecular flexibility index (Phi) is 4.49. The highest BCUT2D eigenvalue weighted by Gasteiger charge is 2.25. The highest BCUT2D eigenvalue weighted by molar-refractivity contribution is 5.12. The van der Waals surface area contributed by atoms with E-state index in [1.165, 1.54) is 25.3 Å². The summed E-state index contributed by atoms with van der Waals surface area (Å²) in [5, 5.41) is 3.42. The summed E-state index contributed by atoms with van der Waals surface area (Å²) in [6, 6.07) is 3.24. The van der Waals surface area contributed by atoms with Gasteiger partial charge in [0.05, 0.1) is 11.7 Å². The largest absolute Gasteiger partial charge is 0.309 e. The highest BCUT2D eigenvalue weighted by Crippen LogP contribution is 2.34. The van der Waals surface area contributed by atoms with Crippen LogP contribution in [0.15, 0.2) is 18.3 Å². The van der Waals surface area contributed by atoms with Gasteiger partial charge in [-0.25, -0.2) is 4.39 Å². The van der Waals surface area contributed by atoms with Crippen molar-refractivity contribution in [1.29, 1.82) is 0 Å². The zero-order chi connectivity index (χ0) is 12.1. The average Bonchev–Trinajstić information content (AvgIpc) is 2.28. The first-order chi connectivity index (χ1) is 8.31. The highest BCUT2D eigenvalue weighted by atomic mass is 19.1. The van der Waals surface area contributed by atoms with Crippen LogP contribution in [0.4, 0.5) is 4.39 Å². The molecule has 0 radical (unpaired) electrons. The van der Waals surface area contributed by atoms with E-state index >= 15 is 0 Å². The summed E-state index contributed by atoms with van der Waals surface area (Å²) in [7, 11) is 0. The zero-order valence-corrected chi connectivity index (χ0v) is 10.5. The van der Waals surface area contributed by atoms with E-state index in [0.29, 0.717) is 5.69 Å². The Morgan fingerprint density at radius 1 is 1.53 bits per heavy atom. The predicted octanol–water partition coefficient (Wildman–Crippen LogP) is 3.45. The van der Waals surface area contributed by atoms with Gasteiger partial charge in [0, 0.05) is 6.20 Å². The fourth-order valence-electron chi connectivity index (χ4n) is 2.33. The normalized spacial score (nSPS) is 17.8. The van der Waals surface area contributed by atoms with E-state index in [2.05, 4.69) is 17.2 Å². The minimum absolute atomic E-state index is 0.0847. The molecule has 1 fully saturated rings. The van der Waals surface area contributed by atoms with E-state index in [1.807, 2.05) is 0 Å². The van der Waals surface area contributed by atoms with Crippen LogP contribution in [0.5, 0.6) is 0 Å². The number of aromatic nitrogens is 1. The second kappa shape index (κ2) is 6.10. The van der Waals surface area contributed by atoms with Crippen molar-refractivity contribution >= 4 is 0 Å². The Hall–Kier alpha value is -0.960. The van der Waals surface area contributed by atoms with Gasteiger partial charge in [0.15, 0.2) is 0 Å². The van der Waals surface area contributed by atoms with Crippen molar-refractivity contribution in [2.45, 2.75) is 45.1 Å². The van der Waals surface area contributed by atoms with Crippen LogP contribution < -0.4 is 5.32 Å². The van der Waals surface area contributed by atoms with E-state index in [0.717, 1.165) is 25.3 Å². The van der Waals surface area contributed by atoms with Gasteiger partial charge in [0.2, 0.25) is 0 Å². The van der Waals surface area contributed by atoms with Gasteiger partial charge in [0.25, 0.3) is 0 Å². The molecule has 0 aromatic carbocycles. The van der Waals surface area contributed by atoms with Crippen molar-refractivity contribution in [3.05, 3.63) is 29.8 Å².